The molecule has 3 N–H and O–H groups in total. The number of guanidine groups is 1. The van der Waals surface area contributed by atoms with Crippen molar-refractivity contribution in [3.8, 4) is 5.75 Å². The van der Waals surface area contributed by atoms with Crippen molar-refractivity contribution < 1.29 is 14.6 Å². The number of hydrogen-bond donors (Lipinski definition) is 3. The number of aliphatic hydroxyl groups excluding tert-OH is 1. The van der Waals surface area contributed by atoms with E-state index in [4.69, 9.17) is 9.47 Å². The normalized spacial score (nSPS) is 20.1. The fourth-order valence-electron chi connectivity index (χ4n) is 3.04. The Bertz CT molecular complexity index is 560. The molecule has 25 heavy (non-hydrogen) atoms. The highest BCUT2D eigenvalue weighted by molar-refractivity contribution is 14.0. The number of aryl methyl sites for hydroxylation is 1. The first-order chi connectivity index (χ1) is 11.6. The maximum absolute atomic E-state index is 9.30. The third kappa shape index (κ3) is 6.31. The molecular formula is C18H30IN3O3. The third-order valence-electron chi connectivity index (χ3n) is 4.60. The number of rotatable bonds is 7. The summed E-state index contributed by atoms with van der Waals surface area (Å²) >= 11 is 0. The predicted octanol–water partition coefficient (Wildman–Crippen LogP) is 2.08. The molecule has 1 aliphatic heterocycles. The van der Waals surface area contributed by atoms with Crippen molar-refractivity contribution >= 4 is 29.9 Å². The fraction of sp³-hybridized carbons (Fsp3) is 0.611. The largest absolute Gasteiger partial charge is 0.496 e. The van der Waals surface area contributed by atoms with Crippen LogP contribution in [0.1, 0.15) is 24.0 Å². The van der Waals surface area contributed by atoms with E-state index in [2.05, 4.69) is 21.7 Å². The average Bonchev–Trinajstić information content (AvgIpc) is 3.04. The smallest absolute Gasteiger partial charge is 0.191 e. The highest BCUT2D eigenvalue weighted by Crippen LogP contribution is 2.31. The summed E-state index contributed by atoms with van der Waals surface area (Å²) < 4.78 is 10.8. The monoisotopic (exact) mass is 463 g/mol. The molecule has 7 heteroatoms. The van der Waals surface area contributed by atoms with Gasteiger partial charge in [0.2, 0.25) is 0 Å². The summed E-state index contributed by atoms with van der Waals surface area (Å²) in [5.74, 6) is 1.65. The fourth-order valence-corrected chi connectivity index (χ4v) is 3.04. The SMILES string of the molecule is CN=C(NCc1ccc(OC)c(C)c1)NCC1(CCO)CCOC1.I. The van der Waals surface area contributed by atoms with Crippen molar-refractivity contribution in [3.63, 3.8) is 0 Å². The topological polar surface area (TPSA) is 75.1 Å². The first-order valence-corrected chi connectivity index (χ1v) is 8.39. The number of nitrogens with one attached hydrogen (secondary N) is 2. The van der Waals surface area contributed by atoms with Crippen LogP contribution in [0.3, 0.4) is 0 Å². The molecule has 1 heterocycles. The van der Waals surface area contributed by atoms with Crippen LogP contribution in [0.4, 0.5) is 0 Å². The van der Waals surface area contributed by atoms with Crippen LogP contribution >= 0.6 is 24.0 Å². The Morgan fingerprint density at radius 2 is 2.20 bits per heavy atom. The molecule has 142 valence electrons. The molecule has 1 saturated heterocycles. The van der Waals surface area contributed by atoms with Gasteiger partial charge in [0.15, 0.2) is 5.96 Å². The minimum Gasteiger partial charge on any atom is -0.496 e. The van der Waals surface area contributed by atoms with Gasteiger partial charge < -0.3 is 25.2 Å². The minimum absolute atomic E-state index is 0. The van der Waals surface area contributed by atoms with Crippen molar-refractivity contribution in [2.24, 2.45) is 10.4 Å². The van der Waals surface area contributed by atoms with E-state index in [1.807, 2.05) is 19.1 Å². The van der Waals surface area contributed by atoms with E-state index in [9.17, 15) is 5.11 Å². The van der Waals surface area contributed by atoms with Gasteiger partial charge >= 0.3 is 0 Å². The molecule has 2 rings (SSSR count). The van der Waals surface area contributed by atoms with Gasteiger partial charge in [-0.1, -0.05) is 12.1 Å². The molecule has 1 atom stereocenters. The van der Waals surface area contributed by atoms with Gasteiger partial charge in [0.05, 0.1) is 13.7 Å². The number of nitrogens with zero attached hydrogens (tertiary/aromatic N) is 1. The van der Waals surface area contributed by atoms with E-state index < -0.39 is 0 Å². The van der Waals surface area contributed by atoms with Crippen molar-refractivity contribution in [2.45, 2.75) is 26.3 Å². The molecule has 6 nitrogen and oxygen atoms in total. The summed E-state index contributed by atoms with van der Waals surface area (Å²) in [5, 5.41) is 16.0. The van der Waals surface area contributed by atoms with Gasteiger partial charge in [-0.15, -0.1) is 24.0 Å². The first kappa shape index (κ1) is 22.0. The van der Waals surface area contributed by atoms with Gasteiger partial charge in [-0.05, 0) is 37.0 Å². The maximum Gasteiger partial charge on any atom is 0.191 e. The highest BCUT2D eigenvalue weighted by atomic mass is 127. The Morgan fingerprint density at radius 3 is 2.76 bits per heavy atom. The lowest BCUT2D eigenvalue weighted by Crippen LogP contribution is -2.44. The quantitative estimate of drug-likeness (QED) is 0.328. The molecule has 1 fully saturated rings. The molecule has 0 amide bonds. The highest BCUT2D eigenvalue weighted by Gasteiger charge is 2.34. The molecule has 0 aromatic heterocycles. The van der Waals surface area contributed by atoms with Crippen LogP contribution in [-0.2, 0) is 11.3 Å². The lowest BCUT2D eigenvalue weighted by Gasteiger charge is -2.27. The number of ether oxygens (including phenoxy) is 2. The molecule has 0 radical (unpaired) electrons. The van der Waals surface area contributed by atoms with Gasteiger partial charge in [-0.3, -0.25) is 4.99 Å². The van der Waals surface area contributed by atoms with E-state index in [0.29, 0.717) is 13.2 Å². The van der Waals surface area contributed by atoms with E-state index in [-0.39, 0.29) is 36.0 Å². The number of methoxy groups -OCH3 is 1. The number of benzene rings is 1. The summed E-state index contributed by atoms with van der Waals surface area (Å²) in [7, 11) is 3.44. The molecule has 1 unspecified atom stereocenters. The van der Waals surface area contributed by atoms with Crippen LogP contribution in [0.25, 0.3) is 0 Å². The van der Waals surface area contributed by atoms with Gasteiger partial charge in [0.1, 0.15) is 5.75 Å². The second-order valence-corrected chi connectivity index (χ2v) is 6.36. The molecule has 0 aliphatic carbocycles. The lowest BCUT2D eigenvalue weighted by molar-refractivity contribution is 0.127. The van der Waals surface area contributed by atoms with Crippen LogP contribution in [0.15, 0.2) is 23.2 Å². The Labute approximate surface area is 167 Å². The second-order valence-electron chi connectivity index (χ2n) is 6.36. The van der Waals surface area contributed by atoms with Crippen molar-refractivity contribution in [3.05, 3.63) is 29.3 Å². The summed E-state index contributed by atoms with van der Waals surface area (Å²) in [6, 6.07) is 6.13. The standard InChI is InChI=1S/C18H29N3O3.HI/c1-14-10-15(4-5-16(14)23-3)11-20-17(19-2)21-12-18(6-8-22)7-9-24-13-18;/h4-5,10,22H,6-9,11-13H2,1-3H3,(H2,19,20,21);1H. The molecule has 0 bridgehead atoms. The van der Waals surface area contributed by atoms with Gasteiger partial charge in [0, 0.05) is 38.8 Å². The number of aliphatic imine (C=N–C) groups is 1. The van der Waals surface area contributed by atoms with Gasteiger partial charge in [-0.2, -0.15) is 0 Å². The molecule has 0 saturated carbocycles. The van der Waals surface area contributed by atoms with Crippen molar-refractivity contribution in [2.75, 3.05) is 40.5 Å². The first-order valence-electron chi connectivity index (χ1n) is 8.39. The van der Waals surface area contributed by atoms with Gasteiger partial charge in [0.25, 0.3) is 0 Å². The lowest BCUT2D eigenvalue weighted by atomic mass is 9.84. The van der Waals surface area contributed by atoms with Crippen LogP contribution in [-0.4, -0.2) is 51.6 Å². The zero-order valence-electron chi connectivity index (χ0n) is 15.3. The van der Waals surface area contributed by atoms with Crippen LogP contribution in [0, 0.1) is 12.3 Å². The Balaban J connectivity index is 0.00000312. The van der Waals surface area contributed by atoms with E-state index in [1.54, 1.807) is 14.2 Å². The molecule has 1 aliphatic rings. The van der Waals surface area contributed by atoms with E-state index in [1.165, 1.54) is 5.56 Å². The zero-order chi connectivity index (χ0) is 17.4. The predicted molar refractivity (Wildman–Crippen MR) is 111 cm³/mol. The number of aliphatic hydroxyl groups is 1. The maximum atomic E-state index is 9.30. The molecular weight excluding hydrogens is 433 g/mol. The zero-order valence-corrected chi connectivity index (χ0v) is 17.6. The van der Waals surface area contributed by atoms with Crippen molar-refractivity contribution in [1.29, 1.82) is 0 Å². The van der Waals surface area contributed by atoms with Crippen LogP contribution in [0.2, 0.25) is 0 Å². The summed E-state index contributed by atoms with van der Waals surface area (Å²) in [6.45, 7) is 5.10. The Morgan fingerprint density at radius 1 is 1.40 bits per heavy atom. The summed E-state index contributed by atoms with van der Waals surface area (Å²) in [4.78, 5) is 4.28. The molecule has 1 aromatic carbocycles. The van der Waals surface area contributed by atoms with Crippen molar-refractivity contribution in [1.82, 2.24) is 10.6 Å². The number of hydrogen-bond acceptors (Lipinski definition) is 4. The van der Waals surface area contributed by atoms with Crippen LogP contribution < -0.4 is 15.4 Å². The molecule has 0 spiro atoms. The van der Waals surface area contributed by atoms with E-state index >= 15 is 0 Å². The minimum atomic E-state index is 0. The van der Waals surface area contributed by atoms with Crippen LogP contribution in [0.5, 0.6) is 5.75 Å². The summed E-state index contributed by atoms with van der Waals surface area (Å²) in [5.41, 5.74) is 2.29. The Hall–Kier alpha value is -1.06. The average molecular weight is 463 g/mol. The van der Waals surface area contributed by atoms with Gasteiger partial charge in [-0.25, -0.2) is 0 Å². The third-order valence-corrected chi connectivity index (χ3v) is 4.60. The second kappa shape index (κ2) is 10.8. The van der Waals surface area contributed by atoms with E-state index in [0.717, 1.165) is 43.3 Å². The Kier molecular flexibility index (Phi) is 9.52. The number of halogens is 1. The molecule has 1 aromatic rings. The summed E-state index contributed by atoms with van der Waals surface area (Å²) in [6.07, 6.45) is 1.71.